The molecule has 0 unspecified atom stereocenters. The summed E-state index contributed by atoms with van der Waals surface area (Å²) in [6.45, 7) is 0.897. The Hall–Kier alpha value is -2.27. The van der Waals surface area contributed by atoms with Gasteiger partial charge < -0.3 is 10.0 Å². The number of benzene rings is 2. The summed E-state index contributed by atoms with van der Waals surface area (Å²) in [6.07, 6.45) is 2.49. The van der Waals surface area contributed by atoms with E-state index in [1.807, 2.05) is 60.9 Å². The lowest BCUT2D eigenvalue weighted by Gasteiger charge is -2.23. The highest BCUT2D eigenvalue weighted by molar-refractivity contribution is 7.98. The van der Waals surface area contributed by atoms with Gasteiger partial charge in [-0.2, -0.15) is 0 Å². The first kappa shape index (κ1) is 18.1. The summed E-state index contributed by atoms with van der Waals surface area (Å²) in [5, 5.41) is 8.82. The number of rotatable bonds is 8. The van der Waals surface area contributed by atoms with Crippen LogP contribution in [0.3, 0.4) is 0 Å². The van der Waals surface area contributed by atoms with E-state index in [4.69, 9.17) is 5.11 Å². The molecule has 4 nitrogen and oxygen atoms in total. The van der Waals surface area contributed by atoms with Gasteiger partial charge >= 0.3 is 5.97 Å². The lowest BCUT2D eigenvalue weighted by molar-refractivity contribution is -0.137. The first-order valence-corrected chi connectivity index (χ1v) is 9.01. The summed E-state index contributed by atoms with van der Waals surface area (Å²) < 4.78 is 0. The van der Waals surface area contributed by atoms with Crippen molar-refractivity contribution >= 4 is 23.6 Å². The Kier molecular flexibility index (Phi) is 6.88. The fourth-order valence-corrected chi connectivity index (χ4v) is 2.80. The molecule has 24 heavy (non-hydrogen) atoms. The van der Waals surface area contributed by atoms with Crippen molar-refractivity contribution in [1.29, 1.82) is 0 Å². The van der Waals surface area contributed by atoms with E-state index in [2.05, 4.69) is 0 Å². The molecule has 0 aromatic heterocycles. The molecule has 0 radical (unpaired) electrons. The highest BCUT2D eigenvalue weighted by atomic mass is 32.2. The maximum Gasteiger partial charge on any atom is 0.303 e. The van der Waals surface area contributed by atoms with Gasteiger partial charge in [-0.15, -0.1) is 11.8 Å². The topological polar surface area (TPSA) is 57.6 Å². The average Bonchev–Trinajstić information content (AvgIpc) is 2.61. The van der Waals surface area contributed by atoms with E-state index in [9.17, 15) is 9.59 Å². The van der Waals surface area contributed by atoms with Gasteiger partial charge in [0.1, 0.15) is 0 Å². The second kappa shape index (κ2) is 9.13. The number of nitrogens with zero attached hydrogens (tertiary/aromatic N) is 1. The van der Waals surface area contributed by atoms with Gasteiger partial charge in [-0.1, -0.05) is 30.3 Å². The van der Waals surface area contributed by atoms with E-state index in [0.717, 1.165) is 10.5 Å². The van der Waals surface area contributed by atoms with Crippen LogP contribution < -0.4 is 0 Å². The molecule has 0 aliphatic heterocycles. The van der Waals surface area contributed by atoms with E-state index >= 15 is 0 Å². The van der Waals surface area contributed by atoms with Crippen molar-refractivity contribution in [2.24, 2.45) is 0 Å². The zero-order chi connectivity index (χ0) is 17.4. The SMILES string of the molecule is CSc1ccc(C(=O)N(CCCC(=O)O)Cc2ccccc2)cc1. The first-order valence-electron chi connectivity index (χ1n) is 7.79. The molecule has 2 aromatic rings. The fourth-order valence-electron chi connectivity index (χ4n) is 2.39. The molecule has 0 bridgehead atoms. The summed E-state index contributed by atoms with van der Waals surface area (Å²) in [6, 6.07) is 17.2. The summed E-state index contributed by atoms with van der Waals surface area (Å²) in [7, 11) is 0. The predicted octanol–water partition coefficient (Wildman–Crippen LogP) is 3.92. The van der Waals surface area contributed by atoms with Gasteiger partial charge in [-0.25, -0.2) is 0 Å². The molecular formula is C19H21NO3S. The summed E-state index contributed by atoms with van der Waals surface area (Å²) in [5.41, 5.74) is 1.65. The van der Waals surface area contributed by atoms with E-state index in [-0.39, 0.29) is 12.3 Å². The van der Waals surface area contributed by atoms with E-state index < -0.39 is 5.97 Å². The molecule has 2 aromatic carbocycles. The molecule has 0 heterocycles. The molecule has 5 heteroatoms. The molecule has 0 aliphatic rings. The predicted molar refractivity (Wildman–Crippen MR) is 96.3 cm³/mol. The number of aliphatic carboxylic acids is 1. The normalized spacial score (nSPS) is 10.4. The summed E-state index contributed by atoms with van der Waals surface area (Å²) >= 11 is 1.63. The van der Waals surface area contributed by atoms with Crippen LogP contribution in [-0.4, -0.2) is 34.7 Å². The first-order chi connectivity index (χ1) is 11.6. The number of thioether (sulfide) groups is 1. The maximum absolute atomic E-state index is 12.8. The molecule has 0 saturated heterocycles. The van der Waals surface area contributed by atoms with Gasteiger partial charge in [-0.05, 0) is 42.5 Å². The van der Waals surface area contributed by atoms with Gasteiger partial charge in [0.15, 0.2) is 0 Å². The molecular weight excluding hydrogens is 322 g/mol. The van der Waals surface area contributed by atoms with Crippen LogP contribution in [0, 0.1) is 0 Å². The number of carboxylic acid groups (broad SMARTS) is 1. The Morgan fingerprint density at radius 1 is 1.04 bits per heavy atom. The van der Waals surface area contributed by atoms with Crippen LogP contribution in [0.15, 0.2) is 59.5 Å². The van der Waals surface area contributed by atoms with E-state index in [1.54, 1.807) is 16.7 Å². The number of carboxylic acids is 1. The van der Waals surface area contributed by atoms with Crippen molar-refractivity contribution in [3.63, 3.8) is 0 Å². The average molecular weight is 343 g/mol. The number of hydrogen-bond acceptors (Lipinski definition) is 3. The fraction of sp³-hybridized carbons (Fsp3) is 0.263. The third-order valence-corrected chi connectivity index (χ3v) is 4.40. The Morgan fingerprint density at radius 2 is 1.71 bits per heavy atom. The van der Waals surface area contributed by atoms with E-state index in [1.165, 1.54) is 0 Å². The van der Waals surface area contributed by atoms with Crippen LogP contribution in [0.25, 0.3) is 0 Å². The highest BCUT2D eigenvalue weighted by Crippen LogP contribution is 2.17. The van der Waals surface area contributed by atoms with Crippen molar-refractivity contribution in [2.75, 3.05) is 12.8 Å². The third kappa shape index (κ3) is 5.42. The molecule has 2 rings (SSSR count). The molecule has 0 spiro atoms. The molecule has 0 aliphatic carbocycles. The van der Waals surface area contributed by atoms with Crippen LogP contribution in [0.5, 0.6) is 0 Å². The smallest absolute Gasteiger partial charge is 0.303 e. The van der Waals surface area contributed by atoms with Crippen LogP contribution in [0.2, 0.25) is 0 Å². The highest BCUT2D eigenvalue weighted by Gasteiger charge is 2.16. The standard InChI is InChI=1S/C19H21NO3S/c1-24-17-11-9-16(10-12-17)19(23)20(13-5-8-18(21)22)14-15-6-3-2-4-7-15/h2-4,6-7,9-12H,5,8,13-14H2,1H3,(H,21,22). The summed E-state index contributed by atoms with van der Waals surface area (Å²) in [4.78, 5) is 26.4. The van der Waals surface area contributed by atoms with Crippen LogP contribution in [0.1, 0.15) is 28.8 Å². The van der Waals surface area contributed by atoms with Crippen molar-refractivity contribution < 1.29 is 14.7 Å². The minimum absolute atomic E-state index is 0.0595. The van der Waals surface area contributed by atoms with Gasteiger partial charge in [0.25, 0.3) is 5.91 Å². The largest absolute Gasteiger partial charge is 0.481 e. The van der Waals surface area contributed by atoms with Crippen molar-refractivity contribution in [2.45, 2.75) is 24.3 Å². The third-order valence-electron chi connectivity index (χ3n) is 3.66. The van der Waals surface area contributed by atoms with Crippen molar-refractivity contribution in [3.05, 3.63) is 65.7 Å². The second-order valence-electron chi connectivity index (χ2n) is 5.44. The lowest BCUT2D eigenvalue weighted by Crippen LogP contribution is -2.31. The molecule has 1 amide bonds. The number of carbonyl (C=O) groups is 2. The summed E-state index contributed by atoms with van der Waals surface area (Å²) in [5.74, 6) is -0.914. The van der Waals surface area contributed by atoms with Gasteiger partial charge in [-0.3, -0.25) is 9.59 Å². The van der Waals surface area contributed by atoms with Gasteiger partial charge in [0.2, 0.25) is 0 Å². The van der Waals surface area contributed by atoms with Crippen LogP contribution >= 0.6 is 11.8 Å². The molecule has 126 valence electrons. The quantitative estimate of drug-likeness (QED) is 0.738. The lowest BCUT2D eigenvalue weighted by atomic mass is 10.1. The van der Waals surface area contributed by atoms with Crippen LogP contribution in [-0.2, 0) is 11.3 Å². The Balaban J connectivity index is 2.12. The maximum atomic E-state index is 12.8. The van der Waals surface area contributed by atoms with Gasteiger partial charge in [0.05, 0.1) is 0 Å². The van der Waals surface area contributed by atoms with Crippen molar-refractivity contribution in [3.8, 4) is 0 Å². The number of carbonyl (C=O) groups excluding carboxylic acids is 1. The zero-order valence-electron chi connectivity index (χ0n) is 13.6. The minimum atomic E-state index is -0.841. The second-order valence-corrected chi connectivity index (χ2v) is 6.32. The minimum Gasteiger partial charge on any atom is -0.481 e. The Labute approximate surface area is 146 Å². The van der Waals surface area contributed by atoms with Crippen molar-refractivity contribution in [1.82, 2.24) is 4.90 Å². The number of amides is 1. The molecule has 0 fully saturated rings. The molecule has 0 saturated carbocycles. The molecule has 0 atom stereocenters. The Morgan fingerprint density at radius 3 is 2.29 bits per heavy atom. The van der Waals surface area contributed by atoms with Crippen LogP contribution in [0.4, 0.5) is 0 Å². The molecule has 1 N–H and O–H groups in total. The monoisotopic (exact) mass is 343 g/mol. The Bertz CT molecular complexity index is 671. The van der Waals surface area contributed by atoms with Gasteiger partial charge in [0, 0.05) is 30.0 Å². The van der Waals surface area contributed by atoms with E-state index in [0.29, 0.717) is 25.1 Å². The number of hydrogen-bond donors (Lipinski definition) is 1. The zero-order valence-corrected chi connectivity index (χ0v) is 14.5.